The molecule has 4 amide bonds. The third-order valence-electron chi connectivity index (χ3n) is 13.7. The molecule has 2 aromatic carbocycles. The fourth-order valence-corrected chi connectivity index (χ4v) is 10.9. The molecular weight excluding hydrogens is 766 g/mol. The van der Waals surface area contributed by atoms with E-state index in [0.29, 0.717) is 52.3 Å². The Hall–Kier alpha value is -4.99. The number of benzene rings is 2. The lowest BCUT2D eigenvalue weighted by molar-refractivity contribution is -0.164. The first kappa shape index (κ1) is 40.8. The van der Waals surface area contributed by atoms with Crippen LogP contribution in [0.15, 0.2) is 54.7 Å². The molecule has 13 heteroatoms. The maximum atomic E-state index is 13.5. The Labute approximate surface area is 351 Å². The van der Waals surface area contributed by atoms with Crippen molar-refractivity contribution < 1.29 is 23.9 Å². The predicted molar refractivity (Wildman–Crippen MR) is 224 cm³/mol. The Kier molecular flexibility index (Phi) is 11.2. The minimum absolute atomic E-state index is 0.122. The number of piperidine rings is 3. The zero-order valence-electron chi connectivity index (χ0n) is 34.4. The van der Waals surface area contributed by atoms with Gasteiger partial charge >= 0.3 is 0 Å². The molecule has 0 spiro atoms. The molecule has 4 aliphatic heterocycles. The maximum absolute atomic E-state index is 13.5. The van der Waals surface area contributed by atoms with Gasteiger partial charge < -0.3 is 24.8 Å². The van der Waals surface area contributed by atoms with Gasteiger partial charge in [0.2, 0.25) is 11.8 Å². The van der Waals surface area contributed by atoms with Crippen LogP contribution in [-0.2, 0) is 22.6 Å². The van der Waals surface area contributed by atoms with Crippen LogP contribution < -0.4 is 20.3 Å². The van der Waals surface area contributed by atoms with E-state index in [4.69, 9.17) is 21.3 Å². The van der Waals surface area contributed by atoms with Crippen molar-refractivity contribution in [3.05, 3.63) is 87.6 Å². The van der Waals surface area contributed by atoms with E-state index in [9.17, 15) is 24.4 Å². The summed E-state index contributed by atoms with van der Waals surface area (Å²) >= 11 is 6.25. The van der Waals surface area contributed by atoms with Gasteiger partial charge in [-0.25, -0.2) is 4.98 Å². The van der Waals surface area contributed by atoms with Gasteiger partial charge in [-0.1, -0.05) is 51.4 Å². The van der Waals surface area contributed by atoms with Gasteiger partial charge in [-0.15, -0.1) is 0 Å². The number of nitrogens with zero attached hydrogens (tertiary/aromatic N) is 5. The number of rotatable bonds is 10. The summed E-state index contributed by atoms with van der Waals surface area (Å²) in [7, 11) is 0. The summed E-state index contributed by atoms with van der Waals surface area (Å²) in [6.45, 7) is 14.0. The van der Waals surface area contributed by atoms with Crippen molar-refractivity contribution in [3.63, 3.8) is 0 Å². The number of carbonyl (C=O) groups excluding carboxylic acids is 4. The van der Waals surface area contributed by atoms with Crippen LogP contribution in [0.1, 0.15) is 104 Å². The number of nitrogens with one attached hydrogen (secondary N) is 2. The second-order valence-electron chi connectivity index (χ2n) is 18.5. The van der Waals surface area contributed by atoms with E-state index in [-0.39, 0.29) is 53.0 Å². The summed E-state index contributed by atoms with van der Waals surface area (Å²) in [5.41, 5.74) is 3.11. The van der Waals surface area contributed by atoms with E-state index in [1.54, 1.807) is 29.3 Å². The van der Waals surface area contributed by atoms with Gasteiger partial charge in [0.15, 0.2) is 0 Å². The predicted octanol–water partition coefficient (Wildman–Crippen LogP) is 6.15. The van der Waals surface area contributed by atoms with Crippen LogP contribution in [0.3, 0.4) is 0 Å². The van der Waals surface area contributed by atoms with Crippen molar-refractivity contribution in [3.8, 4) is 11.8 Å². The van der Waals surface area contributed by atoms with Crippen LogP contribution in [0.4, 0.5) is 5.82 Å². The van der Waals surface area contributed by atoms with E-state index in [0.717, 1.165) is 76.2 Å². The normalized spacial score (nSPS) is 24.5. The number of fused-ring (bicyclic) bond motifs is 1. The number of carbonyl (C=O) groups is 4. The highest BCUT2D eigenvalue weighted by Gasteiger charge is 2.64. The number of hydrogen-bond acceptors (Lipinski definition) is 9. The fraction of sp³-hybridized carbons (Fsp3) is 0.522. The van der Waals surface area contributed by atoms with Crippen LogP contribution in [-0.4, -0.2) is 89.3 Å². The van der Waals surface area contributed by atoms with Crippen molar-refractivity contribution in [1.82, 2.24) is 25.4 Å². The molecule has 4 fully saturated rings. The standard InChI is InChI=1S/C46H54ClN7O5/c1-45(2)43(46(3,4)44(45)59-34-8-6-31(24-48)36(47)23-34)51-40(56)32-7-11-38(49-25-32)53-19-15-29(16-20-53)26-52-17-13-28(14-18-52)21-30-5-9-35-33(22-30)27-54(42(35)58)37-10-12-39(55)50-41(37)57/h5-9,11,22-23,25,28-29,37,43-44H,10,12-21,26-27H2,1-4H3,(H,51,56)(H,50,55,57)/t37?,43-,44-. The minimum atomic E-state index is -0.587. The Morgan fingerprint density at radius 1 is 0.949 bits per heavy atom. The molecule has 59 heavy (non-hydrogen) atoms. The SMILES string of the molecule is CC1(C)[C@H](NC(=O)c2ccc(N3CCC(CN4CCC(Cc5ccc6c(c5)CN(C5CCC(=O)NC5=O)C6=O)CC4)CC3)nc2)C(C)(C)[C@H]1Oc1ccc(C#N)c(Cl)c1. The van der Waals surface area contributed by atoms with Crippen LogP contribution >= 0.6 is 11.6 Å². The summed E-state index contributed by atoms with van der Waals surface area (Å²) in [6.07, 6.45) is 7.65. The molecular formula is C46H54ClN7O5. The molecule has 2 N–H and O–H groups in total. The van der Waals surface area contributed by atoms with Crippen LogP contribution in [0.25, 0.3) is 0 Å². The Morgan fingerprint density at radius 2 is 1.68 bits per heavy atom. The molecule has 1 saturated carbocycles. The first-order valence-electron chi connectivity index (χ1n) is 21.1. The number of halogens is 1. The van der Waals surface area contributed by atoms with Gasteiger partial charge in [0.25, 0.3) is 11.8 Å². The lowest BCUT2D eigenvalue weighted by Gasteiger charge is -2.63. The molecule has 3 aromatic rings. The monoisotopic (exact) mass is 819 g/mol. The van der Waals surface area contributed by atoms with E-state index in [1.807, 2.05) is 18.2 Å². The van der Waals surface area contributed by atoms with Gasteiger partial charge in [0, 0.05) is 67.3 Å². The average Bonchev–Trinajstić information content (AvgIpc) is 3.54. The molecule has 310 valence electrons. The number of amides is 4. The van der Waals surface area contributed by atoms with Gasteiger partial charge in [-0.3, -0.25) is 24.5 Å². The Bertz CT molecular complexity index is 2150. The lowest BCUT2D eigenvalue weighted by atomic mass is 9.49. The number of aromatic nitrogens is 1. The lowest BCUT2D eigenvalue weighted by Crippen LogP contribution is -2.74. The molecule has 5 heterocycles. The number of imide groups is 1. The third-order valence-corrected chi connectivity index (χ3v) is 14.0. The summed E-state index contributed by atoms with van der Waals surface area (Å²) in [5, 5.41) is 15.2. The number of anilines is 1. The van der Waals surface area contributed by atoms with Crippen molar-refractivity contribution in [1.29, 1.82) is 5.26 Å². The first-order valence-corrected chi connectivity index (χ1v) is 21.5. The molecule has 12 nitrogen and oxygen atoms in total. The maximum Gasteiger partial charge on any atom is 0.255 e. The number of nitriles is 1. The van der Waals surface area contributed by atoms with Crippen LogP contribution in [0.5, 0.6) is 5.75 Å². The molecule has 3 saturated heterocycles. The minimum Gasteiger partial charge on any atom is -0.489 e. The summed E-state index contributed by atoms with van der Waals surface area (Å²) in [6, 6.07) is 16.4. The highest BCUT2D eigenvalue weighted by Crippen LogP contribution is 2.55. The second kappa shape index (κ2) is 16.2. The molecule has 5 aliphatic rings. The molecule has 1 atom stereocenters. The highest BCUT2D eigenvalue weighted by molar-refractivity contribution is 6.31. The Balaban J connectivity index is 0.764. The van der Waals surface area contributed by atoms with E-state index < -0.39 is 6.04 Å². The molecule has 1 aliphatic carbocycles. The van der Waals surface area contributed by atoms with Crippen molar-refractivity contribution in [2.24, 2.45) is 22.7 Å². The van der Waals surface area contributed by atoms with Crippen LogP contribution in [0, 0.1) is 34.0 Å². The molecule has 0 bridgehead atoms. The first-order chi connectivity index (χ1) is 28.2. The molecule has 0 radical (unpaired) electrons. The zero-order valence-corrected chi connectivity index (χ0v) is 35.2. The summed E-state index contributed by atoms with van der Waals surface area (Å²) < 4.78 is 6.38. The van der Waals surface area contributed by atoms with E-state index >= 15 is 0 Å². The van der Waals surface area contributed by atoms with Crippen molar-refractivity contribution >= 4 is 41.0 Å². The van der Waals surface area contributed by atoms with Gasteiger partial charge in [-0.2, -0.15) is 5.26 Å². The van der Waals surface area contributed by atoms with Crippen molar-refractivity contribution in [2.75, 3.05) is 37.6 Å². The Morgan fingerprint density at radius 3 is 2.34 bits per heavy atom. The number of hydrogen-bond donors (Lipinski definition) is 2. The largest absolute Gasteiger partial charge is 0.489 e. The van der Waals surface area contributed by atoms with E-state index in [1.165, 1.54) is 5.56 Å². The van der Waals surface area contributed by atoms with Gasteiger partial charge in [-0.05, 0) is 105 Å². The topological polar surface area (TPSA) is 148 Å². The smallest absolute Gasteiger partial charge is 0.255 e. The zero-order chi connectivity index (χ0) is 41.6. The number of ether oxygens (including phenoxy) is 1. The molecule has 1 unspecified atom stereocenters. The second-order valence-corrected chi connectivity index (χ2v) is 18.9. The summed E-state index contributed by atoms with van der Waals surface area (Å²) in [5.74, 6) is 1.82. The average molecular weight is 820 g/mol. The van der Waals surface area contributed by atoms with Gasteiger partial charge in [0.1, 0.15) is 29.8 Å². The van der Waals surface area contributed by atoms with E-state index in [2.05, 4.69) is 66.3 Å². The van der Waals surface area contributed by atoms with Crippen molar-refractivity contribution in [2.45, 2.75) is 97.4 Å². The molecule has 8 rings (SSSR count). The van der Waals surface area contributed by atoms with Crippen LogP contribution in [0.2, 0.25) is 5.02 Å². The van der Waals surface area contributed by atoms with Gasteiger partial charge in [0.05, 0.1) is 16.1 Å². The third kappa shape index (κ3) is 8.16. The fourth-order valence-electron chi connectivity index (χ4n) is 10.7. The number of likely N-dealkylation sites (tertiary alicyclic amines) is 1. The molecule has 1 aromatic heterocycles. The number of pyridine rings is 1. The highest BCUT2D eigenvalue weighted by atomic mass is 35.5. The quantitative estimate of drug-likeness (QED) is 0.230. The summed E-state index contributed by atoms with van der Waals surface area (Å²) in [4.78, 5) is 61.9.